The predicted octanol–water partition coefficient (Wildman–Crippen LogP) is 5.42. The molecule has 0 spiro atoms. The normalized spacial score (nSPS) is 12.7. The molecule has 6 nitrogen and oxygen atoms in total. The molecule has 0 aliphatic carbocycles. The molecule has 1 aliphatic heterocycles. The number of carbonyl (C=O) groups excluding carboxylic acids is 2. The maximum atomic E-state index is 13.9. The number of amides is 2. The van der Waals surface area contributed by atoms with Crippen molar-refractivity contribution in [1.29, 1.82) is 0 Å². The summed E-state index contributed by atoms with van der Waals surface area (Å²) in [6.07, 6.45) is 0.181. The van der Waals surface area contributed by atoms with Crippen LogP contribution in [0.5, 0.6) is 11.5 Å². The number of carbonyl (C=O) groups is 2. The summed E-state index contributed by atoms with van der Waals surface area (Å²) in [4.78, 5) is 30.2. The molecule has 2 heterocycles. The van der Waals surface area contributed by atoms with E-state index < -0.39 is 6.04 Å². The van der Waals surface area contributed by atoms with Gasteiger partial charge in [-0.3, -0.25) is 14.5 Å². The number of nitrogens with zero attached hydrogens (tertiary/aromatic N) is 1. The molecule has 0 radical (unpaired) electrons. The molecule has 1 N–H and O–H groups in total. The van der Waals surface area contributed by atoms with Crippen LogP contribution in [-0.4, -0.2) is 18.6 Å². The monoisotopic (exact) mass is 498 g/mol. The molecule has 4 aromatic rings. The largest absolute Gasteiger partial charge is 0.454 e. The van der Waals surface area contributed by atoms with E-state index in [9.17, 15) is 9.59 Å². The first-order chi connectivity index (χ1) is 17.6. The first-order valence-electron chi connectivity index (χ1n) is 11.7. The Morgan fingerprint density at radius 1 is 0.944 bits per heavy atom. The highest BCUT2D eigenvalue weighted by Crippen LogP contribution is 2.38. The topological polar surface area (TPSA) is 67.9 Å². The number of hydrogen-bond donors (Lipinski definition) is 1. The number of hydrogen-bond acceptors (Lipinski definition) is 5. The summed E-state index contributed by atoms with van der Waals surface area (Å²) < 4.78 is 11.1. The molecule has 1 aromatic heterocycles. The molecule has 0 saturated carbocycles. The quantitative estimate of drug-likeness (QED) is 0.352. The van der Waals surface area contributed by atoms with Gasteiger partial charge < -0.3 is 14.8 Å². The summed E-state index contributed by atoms with van der Waals surface area (Å²) in [6.45, 7) is 2.48. The Morgan fingerprint density at radius 3 is 2.47 bits per heavy atom. The highest BCUT2D eigenvalue weighted by atomic mass is 32.1. The van der Waals surface area contributed by atoms with Crippen LogP contribution in [0.2, 0.25) is 0 Å². The van der Waals surface area contributed by atoms with E-state index in [0.717, 1.165) is 21.6 Å². The Kier molecular flexibility index (Phi) is 7.00. The molecule has 2 amide bonds. The van der Waals surface area contributed by atoms with Gasteiger partial charge in [0.1, 0.15) is 6.04 Å². The molecule has 7 heteroatoms. The number of thiophene rings is 1. The maximum Gasteiger partial charge on any atom is 0.248 e. The standard InChI is InChI=1S/C29H26N2O4S/c1-20-9-11-22(12-10-20)28(29(33)30-18-21-6-3-2-4-7-21)31(27(32)17-24-8-5-15-36-24)23-13-14-25-26(16-23)35-19-34-25/h2-16,28H,17-19H2,1H3,(H,30,33). The summed E-state index contributed by atoms with van der Waals surface area (Å²) in [5.74, 6) is 0.718. The molecular weight excluding hydrogens is 472 g/mol. The molecule has 3 aromatic carbocycles. The van der Waals surface area contributed by atoms with Crippen LogP contribution in [0.25, 0.3) is 0 Å². The van der Waals surface area contributed by atoms with Crippen molar-refractivity contribution < 1.29 is 19.1 Å². The minimum atomic E-state index is -0.873. The Morgan fingerprint density at radius 2 is 1.72 bits per heavy atom. The van der Waals surface area contributed by atoms with Crippen molar-refractivity contribution in [1.82, 2.24) is 5.32 Å². The number of benzene rings is 3. The number of anilines is 1. The van der Waals surface area contributed by atoms with Crippen LogP contribution in [0.4, 0.5) is 5.69 Å². The minimum Gasteiger partial charge on any atom is -0.454 e. The Balaban J connectivity index is 1.54. The lowest BCUT2D eigenvalue weighted by molar-refractivity contribution is -0.126. The van der Waals surface area contributed by atoms with Gasteiger partial charge in [0.25, 0.3) is 0 Å². The average molecular weight is 499 g/mol. The number of aryl methyl sites for hydroxylation is 1. The molecular formula is C29H26N2O4S. The van der Waals surface area contributed by atoms with Gasteiger partial charge >= 0.3 is 0 Å². The fraction of sp³-hybridized carbons (Fsp3) is 0.172. The van der Waals surface area contributed by atoms with E-state index >= 15 is 0 Å². The second-order valence-corrected chi connectivity index (χ2v) is 9.61. The molecule has 5 rings (SSSR count). The third kappa shape index (κ3) is 5.26. The molecule has 0 fully saturated rings. The summed E-state index contributed by atoms with van der Waals surface area (Å²) >= 11 is 1.52. The van der Waals surface area contributed by atoms with E-state index in [4.69, 9.17) is 9.47 Å². The molecule has 0 bridgehead atoms. The van der Waals surface area contributed by atoms with Gasteiger partial charge in [-0.25, -0.2) is 0 Å². The average Bonchev–Trinajstić information content (AvgIpc) is 3.58. The van der Waals surface area contributed by atoms with Crippen LogP contribution < -0.4 is 19.7 Å². The fourth-order valence-electron chi connectivity index (χ4n) is 4.17. The maximum absolute atomic E-state index is 13.9. The zero-order valence-electron chi connectivity index (χ0n) is 19.8. The van der Waals surface area contributed by atoms with Crippen LogP contribution in [0.3, 0.4) is 0 Å². The SMILES string of the molecule is Cc1ccc(C(C(=O)NCc2ccccc2)N(C(=O)Cc2cccs2)c2ccc3c(c2)OCO3)cc1. The number of ether oxygens (including phenoxy) is 2. The van der Waals surface area contributed by atoms with Gasteiger partial charge in [0.2, 0.25) is 18.6 Å². The van der Waals surface area contributed by atoms with Gasteiger partial charge in [-0.05, 0) is 41.6 Å². The lowest BCUT2D eigenvalue weighted by atomic mass is 10.0. The van der Waals surface area contributed by atoms with E-state index in [1.807, 2.05) is 79.0 Å². The van der Waals surface area contributed by atoms with Crippen molar-refractivity contribution in [3.05, 3.63) is 112 Å². The summed E-state index contributed by atoms with van der Waals surface area (Å²) in [7, 11) is 0. The second-order valence-electron chi connectivity index (χ2n) is 8.57. The molecule has 1 unspecified atom stereocenters. The number of fused-ring (bicyclic) bond motifs is 1. The number of nitrogens with one attached hydrogen (secondary N) is 1. The Bertz CT molecular complexity index is 1340. The van der Waals surface area contributed by atoms with Crippen molar-refractivity contribution in [2.24, 2.45) is 0 Å². The highest BCUT2D eigenvalue weighted by molar-refractivity contribution is 7.10. The molecule has 182 valence electrons. The van der Waals surface area contributed by atoms with Gasteiger partial charge in [-0.2, -0.15) is 0 Å². The van der Waals surface area contributed by atoms with E-state index in [2.05, 4.69) is 5.32 Å². The third-order valence-corrected chi connectivity index (χ3v) is 6.89. The van der Waals surface area contributed by atoms with Gasteiger partial charge in [-0.15, -0.1) is 11.3 Å². The van der Waals surface area contributed by atoms with Crippen LogP contribution in [0, 0.1) is 6.92 Å². The lowest BCUT2D eigenvalue weighted by Crippen LogP contribution is -2.44. The minimum absolute atomic E-state index is 0.126. The van der Waals surface area contributed by atoms with Gasteiger partial charge in [0.05, 0.1) is 6.42 Å². The van der Waals surface area contributed by atoms with Crippen molar-refractivity contribution in [3.8, 4) is 11.5 Å². The second kappa shape index (κ2) is 10.7. The van der Waals surface area contributed by atoms with Crippen molar-refractivity contribution in [2.75, 3.05) is 11.7 Å². The van der Waals surface area contributed by atoms with Crippen LogP contribution in [-0.2, 0) is 22.6 Å². The molecule has 1 atom stereocenters. The zero-order chi connectivity index (χ0) is 24.9. The fourth-order valence-corrected chi connectivity index (χ4v) is 4.86. The summed E-state index contributed by atoms with van der Waals surface area (Å²) in [5.41, 5.74) is 3.35. The predicted molar refractivity (Wildman–Crippen MR) is 140 cm³/mol. The Labute approximate surface area is 214 Å². The zero-order valence-corrected chi connectivity index (χ0v) is 20.7. The van der Waals surface area contributed by atoms with Gasteiger partial charge in [0.15, 0.2) is 11.5 Å². The molecule has 1 aliphatic rings. The summed E-state index contributed by atoms with van der Waals surface area (Å²) in [5, 5.41) is 4.98. The van der Waals surface area contributed by atoms with E-state index in [1.165, 1.54) is 11.3 Å². The first kappa shape index (κ1) is 23.6. The number of rotatable bonds is 8. The van der Waals surface area contributed by atoms with E-state index in [-0.39, 0.29) is 25.0 Å². The van der Waals surface area contributed by atoms with Crippen molar-refractivity contribution >= 4 is 28.8 Å². The first-order valence-corrected chi connectivity index (χ1v) is 12.6. The highest BCUT2D eigenvalue weighted by Gasteiger charge is 2.33. The Hall–Kier alpha value is -4.10. The van der Waals surface area contributed by atoms with E-state index in [1.54, 1.807) is 23.1 Å². The molecule has 36 heavy (non-hydrogen) atoms. The van der Waals surface area contributed by atoms with Crippen LogP contribution >= 0.6 is 11.3 Å². The molecule has 0 saturated heterocycles. The third-order valence-electron chi connectivity index (χ3n) is 6.02. The van der Waals surface area contributed by atoms with Crippen molar-refractivity contribution in [3.63, 3.8) is 0 Å². The van der Waals surface area contributed by atoms with Crippen molar-refractivity contribution in [2.45, 2.75) is 25.9 Å². The van der Waals surface area contributed by atoms with Gasteiger partial charge in [0, 0.05) is 23.2 Å². The summed E-state index contributed by atoms with van der Waals surface area (Å²) in [6, 6.07) is 25.7. The smallest absolute Gasteiger partial charge is 0.248 e. The lowest BCUT2D eigenvalue weighted by Gasteiger charge is -2.32. The van der Waals surface area contributed by atoms with Gasteiger partial charge in [-0.1, -0.05) is 66.2 Å². The van der Waals surface area contributed by atoms with Crippen LogP contribution in [0.15, 0.2) is 90.3 Å². The van der Waals surface area contributed by atoms with E-state index in [0.29, 0.717) is 23.7 Å². The van der Waals surface area contributed by atoms with Crippen LogP contribution in [0.1, 0.15) is 27.6 Å².